The molecule has 0 N–H and O–H groups in total. The van der Waals surface area contributed by atoms with Crippen molar-refractivity contribution in [3.63, 3.8) is 0 Å². The van der Waals surface area contributed by atoms with Crippen molar-refractivity contribution in [2.45, 2.75) is 9.79 Å². The van der Waals surface area contributed by atoms with E-state index in [9.17, 15) is 0 Å². The Hall–Kier alpha value is -5.05. The summed E-state index contributed by atoms with van der Waals surface area (Å²) in [5, 5.41) is 10.3. The van der Waals surface area contributed by atoms with E-state index in [0.29, 0.717) is 0 Å². The van der Waals surface area contributed by atoms with Crippen molar-refractivity contribution in [2.75, 3.05) is 4.90 Å². The highest BCUT2D eigenvalue weighted by Crippen LogP contribution is 2.53. The third-order valence-corrected chi connectivity index (χ3v) is 9.76. The molecular weight excluding hydrogens is 527 g/mol. The van der Waals surface area contributed by atoms with E-state index in [1.165, 1.54) is 81.1 Å². The molecule has 0 bridgehead atoms. The lowest BCUT2D eigenvalue weighted by Crippen LogP contribution is -2.15. The Morgan fingerprint density at radius 2 is 0.810 bits per heavy atom. The summed E-state index contributed by atoms with van der Waals surface area (Å²) in [6.07, 6.45) is 0. The molecule has 8 aromatic carbocycles. The van der Waals surface area contributed by atoms with Gasteiger partial charge in [-0.15, -0.1) is 0 Å². The van der Waals surface area contributed by atoms with Crippen molar-refractivity contribution in [1.29, 1.82) is 0 Å². The van der Waals surface area contributed by atoms with Crippen LogP contribution < -0.4 is 4.90 Å². The summed E-state index contributed by atoms with van der Waals surface area (Å²) >= 11 is 1.85. The molecule has 196 valence electrons. The minimum Gasteiger partial charge on any atom is -0.308 e. The molecule has 1 heterocycles. The lowest BCUT2D eigenvalue weighted by molar-refractivity contribution is 1.17. The predicted molar refractivity (Wildman–Crippen MR) is 181 cm³/mol. The second-order valence-corrected chi connectivity index (χ2v) is 12.0. The minimum atomic E-state index is 1.20. The fourth-order valence-corrected chi connectivity index (χ4v) is 7.83. The standard InChI is InChI=1S/C40H25NS/c1-2-14-31-29(12-1)30-13-3-4-15-32(30)35-25-26(21-22-33(31)35)27-23-24-36(34-16-6-5-11-28(27)34)41-37-17-7-9-19-39(37)42-40-20-10-8-18-38(40)41/h1-25H. The second-order valence-electron chi connectivity index (χ2n) is 10.9. The van der Waals surface area contributed by atoms with Crippen LogP contribution >= 0.6 is 11.8 Å². The Kier molecular flexibility index (Phi) is 5.20. The van der Waals surface area contributed by atoms with Crippen LogP contribution in [0.4, 0.5) is 17.1 Å². The van der Waals surface area contributed by atoms with Crippen molar-refractivity contribution in [3.8, 4) is 11.1 Å². The summed E-state index contributed by atoms with van der Waals surface area (Å²) in [5.74, 6) is 0. The summed E-state index contributed by atoms with van der Waals surface area (Å²) in [4.78, 5) is 4.99. The van der Waals surface area contributed by atoms with Gasteiger partial charge < -0.3 is 4.90 Å². The number of fused-ring (bicyclic) bond motifs is 9. The Morgan fingerprint density at radius 1 is 0.333 bits per heavy atom. The number of rotatable bonds is 2. The third-order valence-electron chi connectivity index (χ3n) is 8.63. The smallest absolute Gasteiger partial charge is 0.0601 e. The van der Waals surface area contributed by atoms with E-state index in [0.717, 1.165) is 0 Å². The van der Waals surface area contributed by atoms with Crippen LogP contribution in [0.25, 0.3) is 54.2 Å². The summed E-state index contributed by atoms with van der Waals surface area (Å²) in [6, 6.07) is 55.5. The van der Waals surface area contributed by atoms with Crippen LogP contribution in [-0.2, 0) is 0 Å². The maximum absolute atomic E-state index is 2.44. The molecule has 0 amide bonds. The molecule has 0 radical (unpaired) electrons. The number of hydrogen-bond acceptors (Lipinski definition) is 2. The van der Waals surface area contributed by atoms with Crippen LogP contribution in [0, 0.1) is 0 Å². The highest BCUT2D eigenvalue weighted by Gasteiger charge is 2.26. The Morgan fingerprint density at radius 3 is 1.43 bits per heavy atom. The first-order valence-electron chi connectivity index (χ1n) is 14.4. The molecule has 0 aliphatic carbocycles. The van der Waals surface area contributed by atoms with Crippen LogP contribution in [0.5, 0.6) is 0 Å². The number of anilines is 3. The normalized spacial score (nSPS) is 12.6. The number of benzene rings is 8. The molecule has 0 aromatic heterocycles. The van der Waals surface area contributed by atoms with E-state index in [1.807, 2.05) is 11.8 Å². The fourth-order valence-electron chi connectivity index (χ4n) is 6.77. The lowest BCUT2D eigenvalue weighted by atomic mass is 9.90. The Balaban J connectivity index is 1.29. The van der Waals surface area contributed by atoms with Gasteiger partial charge in [0.1, 0.15) is 0 Å². The van der Waals surface area contributed by atoms with Crippen molar-refractivity contribution in [2.24, 2.45) is 0 Å². The fraction of sp³-hybridized carbons (Fsp3) is 0. The van der Waals surface area contributed by atoms with E-state index < -0.39 is 0 Å². The SMILES string of the molecule is c1ccc2c(c1)Sc1ccccc1N2c1ccc(-c2ccc3c4ccccc4c4ccccc4c3c2)c2ccccc12. The first-order valence-corrected chi connectivity index (χ1v) is 15.2. The van der Waals surface area contributed by atoms with Crippen LogP contribution in [0.3, 0.4) is 0 Å². The topological polar surface area (TPSA) is 3.24 Å². The molecule has 0 spiro atoms. The number of hydrogen-bond donors (Lipinski definition) is 0. The average Bonchev–Trinajstić information content (AvgIpc) is 3.07. The molecule has 0 unspecified atom stereocenters. The molecule has 2 heteroatoms. The Labute approximate surface area is 248 Å². The van der Waals surface area contributed by atoms with Crippen molar-refractivity contribution >= 4 is 71.9 Å². The van der Waals surface area contributed by atoms with Gasteiger partial charge in [-0.2, -0.15) is 0 Å². The zero-order valence-electron chi connectivity index (χ0n) is 22.8. The van der Waals surface area contributed by atoms with Gasteiger partial charge in [0.25, 0.3) is 0 Å². The molecular formula is C40H25NS. The van der Waals surface area contributed by atoms with E-state index in [4.69, 9.17) is 0 Å². The molecule has 1 aliphatic heterocycles. The van der Waals surface area contributed by atoms with Crippen LogP contribution in [0.2, 0.25) is 0 Å². The molecule has 9 rings (SSSR count). The molecule has 0 saturated carbocycles. The van der Waals surface area contributed by atoms with Gasteiger partial charge >= 0.3 is 0 Å². The number of nitrogens with zero attached hydrogens (tertiary/aromatic N) is 1. The third kappa shape index (κ3) is 3.46. The molecule has 0 atom stereocenters. The average molecular weight is 552 g/mol. The van der Waals surface area contributed by atoms with E-state index in [-0.39, 0.29) is 0 Å². The summed E-state index contributed by atoms with van der Waals surface area (Å²) in [6.45, 7) is 0. The molecule has 0 fully saturated rings. The predicted octanol–water partition coefficient (Wildman–Crippen LogP) is 11.9. The maximum Gasteiger partial charge on any atom is 0.0601 e. The van der Waals surface area contributed by atoms with Crippen LogP contribution in [-0.4, -0.2) is 0 Å². The van der Waals surface area contributed by atoms with Gasteiger partial charge in [0.2, 0.25) is 0 Å². The zero-order chi connectivity index (χ0) is 27.6. The van der Waals surface area contributed by atoms with Crippen molar-refractivity contribution < 1.29 is 0 Å². The van der Waals surface area contributed by atoms with Crippen LogP contribution in [0.15, 0.2) is 161 Å². The zero-order valence-corrected chi connectivity index (χ0v) is 23.6. The van der Waals surface area contributed by atoms with Crippen LogP contribution in [0.1, 0.15) is 0 Å². The summed E-state index contributed by atoms with van der Waals surface area (Å²) in [5.41, 5.74) is 6.14. The van der Waals surface area contributed by atoms with Crippen molar-refractivity contribution in [1.82, 2.24) is 0 Å². The molecule has 1 aliphatic rings. The summed E-state index contributed by atoms with van der Waals surface area (Å²) < 4.78 is 0. The first kappa shape index (κ1) is 23.6. The van der Waals surface area contributed by atoms with Crippen molar-refractivity contribution in [3.05, 3.63) is 152 Å². The minimum absolute atomic E-state index is 1.20. The lowest BCUT2D eigenvalue weighted by Gasteiger charge is -2.33. The largest absolute Gasteiger partial charge is 0.308 e. The highest BCUT2D eigenvalue weighted by molar-refractivity contribution is 7.99. The maximum atomic E-state index is 2.44. The van der Waals surface area contributed by atoms with Gasteiger partial charge in [0, 0.05) is 15.2 Å². The van der Waals surface area contributed by atoms with Gasteiger partial charge in [-0.1, -0.05) is 127 Å². The van der Waals surface area contributed by atoms with Gasteiger partial charge in [0.05, 0.1) is 17.1 Å². The first-order chi connectivity index (χ1) is 20.8. The number of para-hydroxylation sites is 2. The van der Waals surface area contributed by atoms with E-state index in [1.54, 1.807) is 0 Å². The van der Waals surface area contributed by atoms with Gasteiger partial charge in [-0.25, -0.2) is 0 Å². The second kappa shape index (κ2) is 9.24. The highest BCUT2D eigenvalue weighted by atomic mass is 32.2. The quantitative estimate of drug-likeness (QED) is 0.197. The van der Waals surface area contributed by atoms with E-state index >= 15 is 0 Å². The molecule has 42 heavy (non-hydrogen) atoms. The van der Waals surface area contributed by atoms with Gasteiger partial charge in [-0.3, -0.25) is 0 Å². The molecule has 8 aromatic rings. The molecule has 1 nitrogen and oxygen atoms in total. The monoisotopic (exact) mass is 551 g/mol. The van der Waals surface area contributed by atoms with Gasteiger partial charge in [0.15, 0.2) is 0 Å². The Bertz CT molecular complexity index is 2270. The van der Waals surface area contributed by atoms with Gasteiger partial charge in [-0.05, 0) is 85.2 Å². The summed E-state index contributed by atoms with van der Waals surface area (Å²) in [7, 11) is 0. The molecule has 0 saturated heterocycles. The van der Waals surface area contributed by atoms with E-state index in [2.05, 4.69) is 157 Å².